The molecule has 8 rings (SSSR count). The molecule has 8 aromatic rings. The lowest BCUT2D eigenvalue weighted by molar-refractivity contribution is -0.137. The molecule has 0 saturated heterocycles. The zero-order valence-electron chi connectivity index (χ0n) is 26.9. The van der Waals surface area contributed by atoms with Crippen LogP contribution < -0.4 is 0 Å². The van der Waals surface area contributed by atoms with Crippen molar-refractivity contribution in [1.82, 2.24) is 4.98 Å². The monoisotopic (exact) mass is 639 g/mol. The summed E-state index contributed by atoms with van der Waals surface area (Å²) in [6, 6.07) is 34.2. The van der Waals surface area contributed by atoms with Crippen LogP contribution in [0.3, 0.4) is 0 Å². The first kappa shape index (κ1) is 30.0. The number of benzene rings is 6. The van der Waals surface area contributed by atoms with Crippen LogP contribution in [0.5, 0.6) is 0 Å². The van der Waals surface area contributed by atoms with Crippen molar-refractivity contribution in [3.63, 3.8) is 0 Å². The summed E-state index contributed by atoms with van der Waals surface area (Å²) in [6.45, 7) is 8.86. The molecule has 0 N–H and O–H groups in total. The van der Waals surface area contributed by atoms with Crippen LogP contribution in [0.1, 0.15) is 56.2 Å². The van der Waals surface area contributed by atoms with Gasteiger partial charge < -0.3 is 8.83 Å². The number of rotatable bonds is 5. The summed E-state index contributed by atoms with van der Waals surface area (Å²) in [5, 5.41) is 2.59. The quantitative estimate of drug-likeness (QED) is 0.188. The van der Waals surface area contributed by atoms with Crippen LogP contribution in [0.25, 0.3) is 77.5 Å². The summed E-state index contributed by atoms with van der Waals surface area (Å²) >= 11 is 0. The highest BCUT2D eigenvalue weighted by Gasteiger charge is 2.31. The summed E-state index contributed by atoms with van der Waals surface area (Å²) in [7, 11) is 0. The largest absolute Gasteiger partial charge is 0.455 e. The normalized spacial score (nSPS) is 12.4. The molecule has 0 aliphatic rings. The highest BCUT2D eigenvalue weighted by molar-refractivity contribution is 6.17. The lowest BCUT2D eigenvalue weighted by Gasteiger charge is -2.22. The van der Waals surface area contributed by atoms with E-state index in [0.29, 0.717) is 44.5 Å². The summed E-state index contributed by atoms with van der Waals surface area (Å²) in [4.78, 5) is 4.94. The number of hydrogen-bond acceptors (Lipinski definition) is 3. The third-order valence-corrected chi connectivity index (χ3v) is 9.27. The Morgan fingerprint density at radius 2 is 1.23 bits per heavy atom. The predicted octanol–water partition coefficient (Wildman–Crippen LogP) is 13.1. The van der Waals surface area contributed by atoms with E-state index in [1.54, 1.807) is 0 Å². The van der Waals surface area contributed by atoms with Crippen LogP contribution in [0.15, 0.2) is 118 Å². The first-order valence-electron chi connectivity index (χ1n) is 16.2. The predicted molar refractivity (Wildman–Crippen MR) is 188 cm³/mol. The first-order valence-corrected chi connectivity index (χ1v) is 16.2. The molecule has 0 atom stereocenters. The highest BCUT2D eigenvalue weighted by atomic mass is 19.4. The molecule has 0 aliphatic heterocycles. The number of aromatic nitrogens is 1. The molecule has 0 bridgehead atoms. The van der Waals surface area contributed by atoms with E-state index in [-0.39, 0.29) is 11.8 Å². The Morgan fingerprint density at radius 1 is 0.562 bits per heavy atom. The number of nitrogens with zero attached hydrogens (tertiary/aromatic N) is 1. The van der Waals surface area contributed by atoms with E-state index in [1.165, 1.54) is 28.3 Å². The van der Waals surface area contributed by atoms with Gasteiger partial charge in [-0.3, -0.25) is 0 Å². The maximum Gasteiger partial charge on any atom is 0.416 e. The van der Waals surface area contributed by atoms with E-state index in [2.05, 4.69) is 70.2 Å². The molecule has 238 valence electrons. The van der Waals surface area contributed by atoms with Crippen LogP contribution >= 0.6 is 0 Å². The lowest BCUT2D eigenvalue weighted by atomic mass is 9.82. The number of halogens is 3. The Kier molecular flexibility index (Phi) is 6.95. The minimum Gasteiger partial charge on any atom is -0.455 e. The fourth-order valence-electron chi connectivity index (χ4n) is 6.89. The molecule has 0 fully saturated rings. The topological polar surface area (TPSA) is 39.2 Å². The van der Waals surface area contributed by atoms with Gasteiger partial charge >= 0.3 is 6.18 Å². The maximum absolute atomic E-state index is 13.6. The van der Waals surface area contributed by atoms with E-state index in [0.717, 1.165) is 34.0 Å². The fraction of sp³-hybridized carbons (Fsp3) is 0.167. The minimum atomic E-state index is -4.46. The van der Waals surface area contributed by atoms with Crippen molar-refractivity contribution < 1.29 is 22.0 Å². The van der Waals surface area contributed by atoms with Gasteiger partial charge in [-0.2, -0.15) is 13.2 Å². The van der Waals surface area contributed by atoms with Crippen LogP contribution in [0.4, 0.5) is 13.2 Å². The Morgan fingerprint density at radius 3 is 1.94 bits per heavy atom. The van der Waals surface area contributed by atoms with Gasteiger partial charge in [0.2, 0.25) is 5.89 Å². The van der Waals surface area contributed by atoms with Crippen molar-refractivity contribution in [3.8, 4) is 33.7 Å². The number of furan rings is 1. The van der Waals surface area contributed by atoms with Gasteiger partial charge in [-0.25, -0.2) is 4.98 Å². The lowest BCUT2D eigenvalue weighted by Crippen LogP contribution is -2.04. The van der Waals surface area contributed by atoms with Crippen molar-refractivity contribution in [3.05, 3.63) is 126 Å². The molecule has 0 unspecified atom stereocenters. The average Bonchev–Trinajstić information content (AvgIpc) is 3.69. The standard InChI is InChI=1S/C42H32F3NO2/c1-23(2)33-20-27(25-10-6-5-7-11-25)21-34(24(3)4)37(33)31-13-9-15-36-40(31)48-41(46-36)32-14-8-12-29-30-19-17-26-16-18-28(42(43,44)45)22-35(26)39(30)47-38(29)32/h5-24H,1-4H3. The Bertz CT molecular complexity index is 2470. The van der Waals surface area contributed by atoms with Crippen molar-refractivity contribution in [2.24, 2.45) is 0 Å². The third kappa shape index (κ3) is 4.86. The van der Waals surface area contributed by atoms with Crippen LogP contribution in [0.2, 0.25) is 0 Å². The van der Waals surface area contributed by atoms with Crippen molar-refractivity contribution in [2.75, 3.05) is 0 Å². The number of oxazole rings is 1. The molecule has 48 heavy (non-hydrogen) atoms. The molecule has 0 spiro atoms. The van der Waals surface area contributed by atoms with Gasteiger partial charge in [0, 0.05) is 21.7 Å². The van der Waals surface area contributed by atoms with Gasteiger partial charge in [0.15, 0.2) is 5.58 Å². The molecule has 6 aromatic carbocycles. The second kappa shape index (κ2) is 11.1. The van der Waals surface area contributed by atoms with Gasteiger partial charge in [-0.05, 0) is 75.4 Å². The Hall–Kier alpha value is -5.36. The number of alkyl halides is 3. The summed E-state index contributed by atoms with van der Waals surface area (Å²) < 4.78 is 54.0. The van der Waals surface area contributed by atoms with E-state index in [4.69, 9.17) is 13.8 Å². The van der Waals surface area contributed by atoms with Gasteiger partial charge in [-0.1, -0.05) is 107 Å². The van der Waals surface area contributed by atoms with Gasteiger partial charge in [0.25, 0.3) is 0 Å². The molecule has 3 nitrogen and oxygen atoms in total. The number of fused-ring (bicyclic) bond motifs is 6. The number of para-hydroxylation sites is 2. The third-order valence-electron chi connectivity index (χ3n) is 9.27. The molecule has 2 aromatic heterocycles. The number of hydrogen-bond donors (Lipinski definition) is 0. The zero-order chi connectivity index (χ0) is 33.3. The molecular formula is C42H32F3NO2. The molecular weight excluding hydrogens is 607 g/mol. The van der Waals surface area contributed by atoms with E-state index < -0.39 is 11.7 Å². The molecule has 0 aliphatic carbocycles. The first-order chi connectivity index (χ1) is 23.1. The van der Waals surface area contributed by atoms with E-state index >= 15 is 0 Å². The van der Waals surface area contributed by atoms with Gasteiger partial charge in [0.1, 0.15) is 16.7 Å². The van der Waals surface area contributed by atoms with Crippen molar-refractivity contribution in [1.29, 1.82) is 0 Å². The molecule has 6 heteroatoms. The average molecular weight is 640 g/mol. The van der Waals surface area contributed by atoms with E-state index in [1.807, 2.05) is 48.5 Å². The van der Waals surface area contributed by atoms with Crippen LogP contribution in [-0.4, -0.2) is 4.98 Å². The van der Waals surface area contributed by atoms with Crippen LogP contribution in [-0.2, 0) is 6.18 Å². The summed E-state index contributed by atoms with van der Waals surface area (Å²) in [5.41, 5.74) is 9.18. The summed E-state index contributed by atoms with van der Waals surface area (Å²) in [5.74, 6) is 0.882. The Balaban J connectivity index is 1.34. The second-order valence-electron chi connectivity index (χ2n) is 13.0. The SMILES string of the molecule is CC(C)c1cc(-c2ccccc2)cc(C(C)C)c1-c1cccc2nc(-c3cccc4c3oc3c5cc(C(F)(F)F)ccc5ccc43)oc12. The fourth-order valence-corrected chi connectivity index (χ4v) is 6.89. The molecule has 0 radical (unpaired) electrons. The molecule has 0 saturated carbocycles. The van der Waals surface area contributed by atoms with E-state index in [9.17, 15) is 13.2 Å². The molecule has 0 amide bonds. The second-order valence-corrected chi connectivity index (χ2v) is 13.0. The Labute approximate surface area is 275 Å². The van der Waals surface area contributed by atoms with Gasteiger partial charge in [0.05, 0.1) is 11.1 Å². The van der Waals surface area contributed by atoms with Gasteiger partial charge in [-0.15, -0.1) is 0 Å². The van der Waals surface area contributed by atoms with Crippen LogP contribution in [0, 0.1) is 0 Å². The van der Waals surface area contributed by atoms with Crippen molar-refractivity contribution >= 4 is 43.8 Å². The zero-order valence-corrected chi connectivity index (χ0v) is 26.9. The van der Waals surface area contributed by atoms with Crippen molar-refractivity contribution in [2.45, 2.75) is 45.7 Å². The smallest absolute Gasteiger partial charge is 0.416 e. The summed E-state index contributed by atoms with van der Waals surface area (Å²) in [6.07, 6.45) is -4.46. The molecule has 2 heterocycles. The maximum atomic E-state index is 13.6. The highest BCUT2D eigenvalue weighted by Crippen LogP contribution is 2.45. The minimum absolute atomic E-state index is 0.246.